The summed E-state index contributed by atoms with van der Waals surface area (Å²) >= 11 is 0. The van der Waals surface area contributed by atoms with E-state index in [1.54, 1.807) is 12.1 Å². The summed E-state index contributed by atoms with van der Waals surface area (Å²) in [6, 6.07) is 6.79. The fraction of sp³-hybridized carbons (Fsp3) is 0.625. The molecule has 0 aromatic heterocycles. The normalized spacial score (nSPS) is 20.3. The van der Waals surface area contributed by atoms with E-state index in [1.165, 1.54) is 31.7 Å². The third-order valence-corrected chi connectivity index (χ3v) is 4.28. The summed E-state index contributed by atoms with van der Waals surface area (Å²) in [5, 5.41) is 0. The average Bonchev–Trinajstić information content (AvgIpc) is 2.77. The van der Waals surface area contributed by atoms with Gasteiger partial charge in [-0.3, -0.25) is 0 Å². The molecule has 0 radical (unpaired) electrons. The first-order valence-electron chi connectivity index (χ1n) is 7.04. The Morgan fingerprint density at radius 2 is 1.94 bits per heavy atom. The quantitative estimate of drug-likeness (QED) is 0.839. The number of hydrogen-bond acceptors (Lipinski definition) is 1. The van der Waals surface area contributed by atoms with Crippen LogP contribution in [0.4, 0.5) is 4.39 Å². The van der Waals surface area contributed by atoms with Gasteiger partial charge in [0, 0.05) is 6.04 Å². The Morgan fingerprint density at radius 3 is 2.50 bits per heavy atom. The van der Waals surface area contributed by atoms with Gasteiger partial charge in [0.25, 0.3) is 0 Å². The van der Waals surface area contributed by atoms with Gasteiger partial charge < -0.3 is 5.73 Å². The monoisotopic (exact) mass is 249 g/mol. The standard InChI is InChI=1S/C16H24FN/c1-12(2)11-16(8-3-4-9-16)15(18)13-6-5-7-14(17)10-13/h5-7,10,12,15H,3-4,8-9,11,18H2,1-2H3. The molecule has 2 N–H and O–H groups in total. The summed E-state index contributed by atoms with van der Waals surface area (Å²) in [4.78, 5) is 0. The highest BCUT2D eigenvalue weighted by molar-refractivity contribution is 5.22. The molecule has 1 nitrogen and oxygen atoms in total. The molecule has 0 aliphatic heterocycles. The van der Waals surface area contributed by atoms with Crippen LogP contribution in [0.3, 0.4) is 0 Å². The van der Waals surface area contributed by atoms with Crippen molar-refractivity contribution in [2.75, 3.05) is 0 Å². The zero-order valence-corrected chi connectivity index (χ0v) is 11.5. The fourth-order valence-electron chi connectivity index (χ4n) is 3.59. The second-order valence-corrected chi connectivity index (χ2v) is 6.20. The molecule has 18 heavy (non-hydrogen) atoms. The maximum absolute atomic E-state index is 13.3. The maximum atomic E-state index is 13.3. The topological polar surface area (TPSA) is 26.0 Å². The first-order chi connectivity index (χ1) is 8.53. The largest absolute Gasteiger partial charge is 0.323 e. The van der Waals surface area contributed by atoms with Gasteiger partial charge in [-0.25, -0.2) is 4.39 Å². The summed E-state index contributed by atoms with van der Waals surface area (Å²) in [5.74, 6) is 0.461. The number of halogens is 1. The van der Waals surface area contributed by atoms with E-state index in [2.05, 4.69) is 13.8 Å². The van der Waals surface area contributed by atoms with Gasteiger partial charge in [-0.2, -0.15) is 0 Å². The summed E-state index contributed by atoms with van der Waals surface area (Å²) < 4.78 is 13.3. The molecule has 1 aromatic carbocycles. The lowest BCUT2D eigenvalue weighted by Gasteiger charge is -2.37. The molecular formula is C16H24FN. The van der Waals surface area contributed by atoms with E-state index in [0.717, 1.165) is 12.0 Å². The van der Waals surface area contributed by atoms with Crippen LogP contribution in [0.15, 0.2) is 24.3 Å². The van der Waals surface area contributed by atoms with Crippen molar-refractivity contribution in [3.8, 4) is 0 Å². The highest BCUT2D eigenvalue weighted by atomic mass is 19.1. The highest BCUT2D eigenvalue weighted by Gasteiger charge is 2.40. The van der Waals surface area contributed by atoms with Gasteiger partial charge in [0.1, 0.15) is 5.82 Å². The van der Waals surface area contributed by atoms with Gasteiger partial charge >= 0.3 is 0 Å². The van der Waals surface area contributed by atoms with Crippen molar-refractivity contribution in [3.63, 3.8) is 0 Å². The Morgan fingerprint density at radius 1 is 1.28 bits per heavy atom. The van der Waals surface area contributed by atoms with E-state index in [1.807, 2.05) is 6.07 Å². The predicted molar refractivity (Wildman–Crippen MR) is 73.7 cm³/mol. The Hall–Kier alpha value is -0.890. The van der Waals surface area contributed by atoms with Crippen LogP contribution in [0, 0.1) is 17.2 Å². The highest BCUT2D eigenvalue weighted by Crippen LogP contribution is 2.50. The van der Waals surface area contributed by atoms with Gasteiger partial charge in [0.05, 0.1) is 0 Å². The smallest absolute Gasteiger partial charge is 0.123 e. The lowest BCUT2D eigenvalue weighted by molar-refractivity contribution is 0.183. The second-order valence-electron chi connectivity index (χ2n) is 6.20. The number of nitrogens with two attached hydrogens (primary N) is 1. The van der Waals surface area contributed by atoms with Crippen LogP contribution < -0.4 is 5.73 Å². The van der Waals surface area contributed by atoms with Gasteiger partial charge in [-0.05, 0) is 48.3 Å². The average molecular weight is 249 g/mol. The predicted octanol–water partition coefficient (Wildman–Crippen LogP) is 4.43. The number of hydrogen-bond donors (Lipinski definition) is 1. The van der Waals surface area contributed by atoms with Gasteiger partial charge in [-0.1, -0.05) is 38.8 Å². The molecule has 0 bridgehead atoms. The molecule has 2 rings (SSSR count). The van der Waals surface area contributed by atoms with Gasteiger partial charge in [0.2, 0.25) is 0 Å². The molecular weight excluding hydrogens is 225 g/mol. The molecule has 1 aliphatic rings. The zero-order chi connectivity index (χ0) is 13.2. The van der Waals surface area contributed by atoms with Crippen molar-refractivity contribution in [3.05, 3.63) is 35.6 Å². The Labute approximate surface area is 110 Å². The molecule has 1 aliphatic carbocycles. The summed E-state index contributed by atoms with van der Waals surface area (Å²) in [6.07, 6.45) is 6.03. The van der Waals surface area contributed by atoms with Gasteiger partial charge in [0.15, 0.2) is 0 Å². The minimum absolute atomic E-state index is 0.0295. The third-order valence-electron chi connectivity index (χ3n) is 4.28. The summed E-state index contributed by atoms with van der Waals surface area (Å²) in [5.41, 5.74) is 7.62. The van der Waals surface area contributed by atoms with Crippen molar-refractivity contribution >= 4 is 0 Å². The molecule has 1 fully saturated rings. The van der Waals surface area contributed by atoms with Crippen LogP contribution in [0.25, 0.3) is 0 Å². The van der Waals surface area contributed by atoms with Crippen LogP contribution in [0.2, 0.25) is 0 Å². The van der Waals surface area contributed by atoms with E-state index in [9.17, 15) is 4.39 Å². The number of rotatable bonds is 4. The molecule has 100 valence electrons. The number of benzene rings is 1. The fourth-order valence-corrected chi connectivity index (χ4v) is 3.59. The minimum Gasteiger partial charge on any atom is -0.323 e. The first kappa shape index (κ1) is 13.5. The van der Waals surface area contributed by atoms with E-state index in [0.29, 0.717) is 5.92 Å². The van der Waals surface area contributed by atoms with Crippen LogP contribution in [0.5, 0.6) is 0 Å². The molecule has 1 unspecified atom stereocenters. The molecule has 1 aromatic rings. The lowest BCUT2D eigenvalue weighted by Crippen LogP contribution is -2.33. The second kappa shape index (κ2) is 5.40. The molecule has 1 atom stereocenters. The third kappa shape index (κ3) is 2.74. The molecule has 2 heteroatoms. The molecule has 0 heterocycles. The SMILES string of the molecule is CC(C)CC1(C(N)c2cccc(F)c2)CCCC1. The first-order valence-corrected chi connectivity index (χ1v) is 7.04. The molecule has 0 amide bonds. The summed E-state index contributed by atoms with van der Waals surface area (Å²) in [6.45, 7) is 4.50. The summed E-state index contributed by atoms with van der Waals surface area (Å²) in [7, 11) is 0. The van der Waals surface area contributed by atoms with E-state index < -0.39 is 0 Å². The van der Waals surface area contributed by atoms with E-state index >= 15 is 0 Å². The molecule has 1 saturated carbocycles. The maximum Gasteiger partial charge on any atom is 0.123 e. The van der Waals surface area contributed by atoms with E-state index in [-0.39, 0.29) is 17.3 Å². The van der Waals surface area contributed by atoms with Crippen molar-refractivity contribution < 1.29 is 4.39 Å². The lowest BCUT2D eigenvalue weighted by atomic mass is 9.71. The van der Waals surface area contributed by atoms with Crippen LogP contribution >= 0.6 is 0 Å². The van der Waals surface area contributed by atoms with Crippen LogP contribution in [0.1, 0.15) is 57.6 Å². The Bertz CT molecular complexity index is 394. The van der Waals surface area contributed by atoms with Crippen LogP contribution in [-0.4, -0.2) is 0 Å². The molecule has 0 saturated heterocycles. The van der Waals surface area contributed by atoms with Gasteiger partial charge in [-0.15, -0.1) is 0 Å². The Balaban J connectivity index is 2.25. The van der Waals surface area contributed by atoms with Crippen molar-refractivity contribution in [2.24, 2.45) is 17.1 Å². The molecule has 0 spiro atoms. The van der Waals surface area contributed by atoms with Crippen molar-refractivity contribution in [1.29, 1.82) is 0 Å². The Kier molecular flexibility index (Phi) is 4.06. The van der Waals surface area contributed by atoms with Crippen LogP contribution in [-0.2, 0) is 0 Å². The van der Waals surface area contributed by atoms with Crippen molar-refractivity contribution in [1.82, 2.24) is 0 Å². The van der Waals surface area contributed by atoms with E-state index in [4.69, 9.17) is 5.73 Å². The van der Waals surface area contributed by atoms with Crippen molar-refractivity contribution in [2.45, 2.75) is 52.0 Å². The zero-order valence-electron chi connectivity index (χ0n) is 11.5. The minimum atomic E-state index is -0.180.